The summed E-state index contributed by atoms with van der Waals surface area (Å²) in [5.41, 5.74) is 13.6. The Balaban J connectivity index is 0.000000516. The Kier molecular flexibility index (Phi) is 42.2. The maximum Gasteiger partial charge on any atom is 0.514 e. The lowest BCUT2D eigenvalue weighted by molar-refractivity contribution is -0.119. The molecule has 1 aliphatic heterocycles. The molecule has 1 aliphatic rings. The van der Waals surface area contributed by atoms with Crippen LogP contribution < -0.4 is 84.0 Å². The molecule has 1 fully saturated rings. The molecule has 9 rings (SSSR count). The minimum atomic E-state index is -1.66. The van der Waals surface area contributed by atoms with Crippen molar-refractivity contribution in [3.8, 4) is 35.7 Å². The molecule has 8 atom stereocenters. The monoisotopic (exact) mass is 1920 g/mol. The summed E-state index contributed by atoms with van der Waals surface area (Å²) in [7, 11) is -0.456. The lowest BCUT2D eigenvalue weighted by Crippen LogP contribution is -3.00. The highest BCUT2D eigenvalue weighted by Crippen LogP contribution is 2.37. The van der Waals surface area contributed by atoms with Gasteiger partial charge in [-0.25, -0.2) is 41.5 Å². The van der Waals surface area contributed by atoms with E-state index < -0.39 is 114 Å². The standard InChI is InChI=1S/C22H22FN7O2.C14H16BN3O2.C14H20ClFN4O3.C14H18ClFN4O2.C11H13Cl2FN2O2.C3H8N2O.ClH.HI/c1-13(8-24)29-17-7-18(19-5-4-15-6-14(9-25)10-28-30(15)19)26-11-16(17)21(31)27-12-20(23)22(2,3)32;1-13(2)14(3,4)20-15(19-13)12-6-5-11-7-10(8-16)9-17-18(11)12;1-7(12(17)21)20-9-4-11(15)18-5-8(9)13(22)19-6-10(16)14(2,3)23;1-8(5-17)20-10-4-12(15)18-6-9(10)13(21)19-7-11(16)14(2,3)22;1-11(2,18)8(14)5-16-10(17)6-4-15-9(13)3-7(6)12;1-2(4)3(5)6;;/h4-7,10-11,13,20,32H,12H2,1-3H3,(H,26,29)(H,27,31);5-7,9H,1-4H3;4-5,7,10,23H,6H2,1-3H3,(H2,17,21)(H,18,20)(H,19,22);4,6,8,11,22H,7H2,1-3H3,(H,18,20)(H,19,21);3-4,8,18H,5H2,1-2H3,(H,16,17);2H,4H2,1H3,(H2,5,6);2*1H/p-1/t13-,20-;;7-,10-;8-,11-;8-;2-;;/m1.1111../s1. The summed E-state index contributed by atoms with van der Waals surface area (Å²) >= 11 is 22.9. The predicted molar refractivity (Wildman–Crippen MR) is 455 cm³/mol. The molecule has 123 heavy (non-hydrogen) atoms. The number of primary amides is 2. The normalized spacial score (nSPS) is 14.4. The van der Waals surface area contributed by atoms with E-state index in [1.807, 2.05) is 58.0 Å². The van der Waals surface area contributed by atoms with Gasteiger partial charge in [-0.1, -0.05) is 46.4 Å². The van der Waals surface area contributed by atoms with Gasteiger partial charge in [-0.2, -0.15) is 31.2 Å². The summed E-state index contributed by atoms with van der Waals surface area (Å²) in [6, 6.07) is 22.3. The van der Waals surface area contributed by atoms with Crippen molar-refractivity contribution in [2.75, 3.05) is 42.1 Å². The van der Waals surface area contributed by atoms with E-state index in [0.29, 0.717) is 39.4 Å². The van der Waals surface area contributed by atoms with Gasteiger partial charge in [-0.15, -0.1) is 12.4 Å². The van der Waals surface area contributed by atoms with Crippen LogP contribution in [-0.2, 0) is 18.9 Å². The largest absolute Gasteiger partial charge is 1.00 e. The Labute approximate surface area is 751 Å². The van der Waals surface area contributed by atoms with Crippen LogP contribution in [-0.4, -0.2) is 211 Å². The fourth-order valence-corrected chi connectivity index (χ4v) is 10.1. The molecule has 0 unspecified atom stereocenters. The molecule has 34 nitrogen and oxygen atoms in total. The van der Waals surface area contributed by atoms with Crippen molar-refractivity contribution in [2.24, 2.45) is 17.2 Å². The van der Waals surface area contributed by atoms with Gasteiger partial charge in [0.25, 0.3) is 23.6 Å². The molecule has 9 heterocycles. The molecule has 1 saturated heterocycles. The number of anilines is 3. The Morgan fingerprint density at radius 1 is 0.504 bits per heavy atom. The number of rotatable bonds is 26. The van der Waals surface area contributed by atoms with Gasteiger partial charge in [0.15, 0.2) is 0 Å². The zero-order chi connectivity index (χ0) is 91.8. The van der Waals surface area contributed by atoms with Crippen molar-refractivity contribution in [3.63, 3.8) is 0 Å². The first-order valence-corrected chi connectivity index (χ1v) is 38.3. The van der Waals surface area contributed by atoms with E-state index in [4.69, 9.17) is 83.0 Å². The number of aliphatic hydroxyl groups is 4. The highest BCUT2D eigenvalue weighted by molar-refractivity contribution is 6.61. The van der Waals surface area contributed by atoms with Crippen molar-refractivity contribution in [1.29, 1.82) is 21.0 Å². The first-order valence-electron chi connectivity index (χ1n) is 36.8. The third kappa shape index (κ3) is 33.5. The van der Waals surface area contributed by atoms with Gasteiger partial charge in [-0.3, -0.25) is 33.8 Å². The molecule has 0 saturated carbocycles. The van der Waals surface area contributed by atoms with Crippen LogP contribution in [0.2, 0.25) is 20.5 Å². The van der Waals surface area contributed by atoms with Crippen LogP contribution in [0.3, 0.4) is 0 Å². The second-order valence-electron chi connectivity index (χ2n) is 30.4. The minimum Gasteiger partial charge on any atom is -1.00 e. The van der Waals surface area contributed by atoms with Crippen LogP contribution in [0, 0.1) is 45.3 Å². The zero-order valence-corrected chi connectivity index (χ0v) is 75.7. The highest BCUT2D eigenvalue weighted by atomic mass is 127. The van der Waals surface area contributed by atoms with E-state index in [0.717, 1.165) is 11.1 Å². The number of aromatic nitrogens is 8. The Bertz CT molecular complexity index is 5130. The van der Waals surface area contributed by atoms with E-state index in [1.165, 1.54) is 111 Å². The molecular weight excluding hydrogens is 1830 g/mol. The number of nitrogens with one attached hydrogen (secondary N) is 7. The van der Waals surface area contributed by atoms with Crippen LogP contribution in [0.5, 0.6) is 0 Å². The summed E-state index contributed by atoms with van der Waals surface area (Å²) in [6.45, 7) is 23.5. The van der Waals surface area contributed by atoms with Crippen molar-refractivity contribution in [3.05, 3.63) is 152 Å². The maximum atomic E-state index is 14.0. The van der Waals surface area contributed by atoms with E-state index in [9.17, 15) is 72.0 Å². The summed E-state index contributed by atoms with van der Waals surface area (Å²) < 4.78 is 70.2. The van der Waals surface area contributed by atoms with Crippen molar-refractivity contribution < 1.29 is 100 Å². The molecule has 17 N–H and O–H groups in total. The number of pyridine rings is 4. The first kappa shape index (κ1) is 109. The molecular formula is C78H98BCl5F4IN22O12-. The van der Waals surface area contributed by atoms with Crippen LogP contribution >= 0.6 is 58.8 Å². The van der Waals surface area contributed by atoms with Gasteiger partial charge < -0.3 is 108 Å². The molecule has 45 heteroatoms. The minimum absolute atomic E-state index is 0. The number of amides is 6. The van der Waals surface area contributed by atoms with E-state index in [-0.39, 0.29) is 122 Å². The number of fused-ring (bicyclic) bond motifs is 2. The molecule has 0 spiro atoms. The third-order valence-electron chi connectivity index (χ3n) is 17.7. The number of carbonyl (C=O) groups is 6. The predicted octanol–water partition coefficient (Wildman–Crippen LogP) is 5.17. The molecule has 6 amide bonds. The lowest BCUT2D eigenvalue weighted by atomic mass is 9.85. The van der Waals surface area contributed by atoms with Crippen LogP contribution in [0.4, 0.5) is 34.6 Å². The van der Waals surface area contributed by atoms with Crippen molar-refractivity contribution in [2.45, 2.75) is 193 Å². The maximum absolute atomic E-state index is 14.0. The van der Waals surface area contributed by atoms with Crippen molar-refractivity contribution >= 4 is 135 Å². The SMILES string of the molecule is CC(C)(O)[C@H](F)CNC(=O)c1cnc(Cl)cc1Cl.CC1(C)OB(c2ccc3cc(C#N)cnn23)OC1(C)C.C[C@@H](N)C(N)=O.C[C@@H](Nc1cc(Cl)ncc1C(=O)NC[C@@H](F)C(C)(C)O)C(N)=O.C[C@H](C#N)Nc1cc(-c2ccc3cc(C#N)cnn23)ncc1C(=O)NC[C@@H](F)C(C)(C)O.C[C@H](C#N)Nc1cc(Cl)ncc1C(=O)NC[C@@H](F)C(C)(C)O.Cl.[I-]. The number of nitrogens with two attached hydrogens (primary N) is 3. The third-order valence-corrected chi connectivity index (χ3v) is 18.6. The quantitative estimate of drug-likeness (QED) is 0.0144. The molecule has 0 aliphatic carbocycles. The summed E-state index contributed by atoms with van der Waals surface area (Å²) in [6.07, 6.45) is 1.44. The number of nitrogens with zero attached hydrogens (tertiary/aromatic N) is 12. The highest BCUT2D eigenvalue weighted by Gasteiger charge is 2.53. The summed E-state index contributed by atoms with van der Waals surface area (Å²) in [4.78, 5) is 85.2. The van der Waals surface area contributed by atoms with Gasteiger partial charge in [-0.05, 0) is 171 Å². The number of carbonyl (C=O) groups excluding carboxylic acids is 6. The molecule has 0 aromatic carbocycles. The fraction of sp³-hybridized carbons (Fsp3) is 0.436. The molecule has 8 aromatic rings. The Hall–Kier alpha value is -10.2. The van der Waals surface area contributed by atoms with Gasteiger partial charge in [0, 0.05) is 24.8 Å². The van der Waals surface area contributed by atoms with Crippen LogP contribution in [0.15, 0.2) is 97.8 Å². The zero-order valence-electron chi connectivity index (χ0n) is 69.7. The van der Waals surface area contributed by atoms with Gasteiger partial charge in [0.2, 0.25) is 11.8 Å². The molecule has 0 bridgehead atoms. The fourth-order valence-electron chi connectivity index (χ4n) is 9.35. The second-order valence-corrected chi connectivity index (χ2v) is 32.0. The summed E-state index contributed by atoms with van der Waals surface area (Å²) in [5, 5.41) is 101. The molecule has 666 valence electrons. The lowest BCUT2D eigenvalue weighted by Gasteiger charge is -2.32. The molecule has 0 radical (unpaired) electrons. The first-order chi connectivity index (χ1) is 56.0. The van der Waals surface area contributed by atoms with Crippen LogP contribution in [0.1, 0.15) is 163 Å². The number of hydrogen-bond donors (Lipinski definition) is 14. The Morgan fingerprint density at radius 2 is 0.829 bits per heavy atom. The smallest absolute Gasteiger partial charge is 0.514 e. The van der Waals surface area contributed by atoms with Gasteiger partial charge >= 0.3 is 7.12 Å². The average Bonchev–Trinajstić information content (AvgIpc) is 1.60. The van der Waals surface area contributed by atoms with Crippen molar-refractivity contribution in [1.82, 2.24) is 60.4 Å². The van der Waals surface area contributed by atoms with Gasteiger partial charge in [0.1, 0.15) is 70.4 Å². The average molecular weight is 1930 g/mol. The van der Waals surface area contributed by atoms with E-state index >= 15 is 0 Å². The number of alkyl halides is 4. The molecule has 8 aromatic heterocycles. The summed E-state index contributed by atoms with van der Waals surface area (Å²) in [5.74, 6) is -3.45. The second kappa shape index (κ2) is 47.6. The van der Waals surface area contributed by atoms with Gasteiger partial charge in [0.05, 0.1) is 174 Å². The van der Waals surface area contributed by atoms with E-state index in [1.54, 1.807) is 66.3 Å². The number of nitriles is 4. The number of hydrogen-bond acceptors (Lipinski definition) is 26. The Morgan fingerprint density at radius 3 is 1.18 bits per heavy atom. The van der Waals surface area contributed by atoms with E-state index in [2.05, 4.69) is 79.2 Å². The topological polar surface area (TPSA) is 545 Å². The van der Waals surface area contributed by atoms with Crippen LogP contribution in [0.25, 0.3) is 22.4 Å². The number of halogens is 10.